The Kier molecular flexibility index (Phi) is 8.60. The van der Waals surface area contributed by atoms with Gasteiger partial charge in [0.25, 0.3) is 11.8 Å². The summed E-state index contributed by atoms with van der Waals surface area (Å²) >= 11 is 0. The van der Waals surface area contributed by atoms with Crippen molar-refractivity contribution in [1.29, 1.82) is 0 Å². The van der Waals surface area contributed by atoms with E-state index in [2.05, 4.69) is 31.3 Å². The third-order valence-electron chi connectivity index (χ3n) is 6.06. The summed E-state index contributed by atoms with van der Waals surface area (Å²) in [7, 11) is 0. The highest BCUT2D eigenvalue weighted by molar-refractivity contribution is 6.21. The Morgan fingerprint density at radius 3 is 1.91 bits per heavy atom. The number of hydrogen-bond donors (Lipinski definition) is 1. The van der Waals surface area contributed by atoms with E-state index in [4.69, 9.17) is 0 Å². The van der Waals surface area contributed by atoms with Gasteiger partial charge in [-0.15, -0.1) is 0 Å². The van der Waals surface area contributed by atoms with Crippen LogP contribution in [-0.4, -0.2) is 29.2 Å². The van der Waals surface area contributed by atoms with Crippen LogP contribution in [0.2, 0.25) is 0 Å². The van der Waals surface area contributed by atoms with Crippen molar-refractivity contribution in [2.75, 3.05) is 6.54 Å². The molecule has 1 aliphatic rings. The molecule has 3 rings (SSSR count). The van der Waals surface area contributed by atoms with E-state index in [1.54, 1.807) is 24.3 Å². The van der Waals surface area contributed by atoms with Crippen LogP contribution in [0.4, 0.5) is 0 Å². The zero-order chi connectivity index (χ0) is 22.9. The molecular weight excluding hydrogens is 400 g/mol. The molecule has 0 saturated carbocycles. The zero-order valence-electron chi connectivity index (χ0n) is 19.2. The lowest BCUT2D eigenvalue weighted by Crippen LogP contribution is -2.31. The fourth-order valence-corrected chi connectivity index (χ4v) is 4.25. The average Bonchev–Trinajstić information content (AvgIpc) is 3.04. The lowest BCUT2D eigenvalue weighted by atomic mass is 9.96. The van der Waals surface area contributed by atoms with Gasteiger partial charge in [-0.1, -0.05) is 82.0 Å². The Hall–Kier alpha value is -2.95. The molecule has 1 atom stereocenters. The highest BCUT2D eigenvalue weighted by Gasteiger charge is 2.34. The van der Waals surface area contributed by atoms with Crippen LogP contribution in [-0.2, 0) is 4.79 Å². The molecule has 0 unspecified atom stereocenters. The summed E-state index contributed by atoms with van der Waals surface area (Å²) in [6.07, 6.45) is 6.33. The summed E-state index contributed by atoms with van der Waals surface area (Å²) in [5.74, 6) is 0.0975. The number of nitrogens with zero attached hydrogens (tertiary/aromatic N) is 1. The number of rotatable bonds is 12. The molecule has 0 saturated heterocycles. The van der Waals surface area contributed by atoms with Gasteiger partial charge in [0.05, 0.1) is 17.2 Å². The topological polar surface area (TPSA) is 66.5 Å². The van der Waals surface area contributed by atoms with Crippen LogP contribution in [0.3, 0.4) is 0 Å². The number of amides is 3. The van der Waals surface area contributed by atoms with Crippen molar-refractivity contribution in [1.82, 2.24) is 10.2 Å². The normalized spacial score (nSPS) is 14.0. The summed E-state index contributed by atoms with van der Waals surface area (Å²) in [4.78, 5) is 38.5. The van der Waals surface area contributed by atoms with Crippen molar-refractivity contribution in [3.05, 3.63) is 71.3 Å². The molecule has 0 aromatic heterocycles. The molecule has 0 aliphatic carbocycles. The maximum atomic E-state index is 12.4. The molecule has 2 aromatic rings. The van der Waals surface area contributed by atoms with E-state index >= 15 is 0 Å². The highest BCUT2D eigenvalue weighted by Crippen LogP contribution is 2.23. The summed E-state index contributed by atoms with van der Waals surface area (Å²) < 4.78 is 0. The van der Waals surface area contributed by atoms with E-state index in [-0.39, 0.29) is 23.8 Å². The maximum Gasteiger partial charge on any atom is 0.261 e. The Morgan fingerprint density at radius 2 is 1.31 bits per heavy atom. The summed E-state index contributed by atoms with van der Waals surface area (Å²) in [5.41, 5.74) is 2.18. The van der Waals surface area contributed by atoms with E-state index in [1.807, 2.05) is 18.2 Å². The second-order valence-corrected chi connectivity index (χ2v) is 8.88. The van der Waals surface area contributed by atoms with Crippen molar-refractivity contribution >= 4 is 17.7 Å². The molecule has 5 nitrogen and oxygen atoms in total. The minimum absolute atomic E-state index is 0.0471. The van der Waals surface area contributed by atoms with Crippen LogP contribution >= 0.6 is 0 Å². The molecule has 0 bridgehead atoms. The van der Waals surface area contributed by atoms with Crippen LogP contribution in [0, 0.1) is 5.92 Å². The van der Waals surface area contributed by atoms with Gasteiger partial charge in [-0.25, -0.2) is 0 Å². The molecule has 0 radical (unpaired) electrons. The van der Waals surface area contributed by atoms with Gasteiger partial charge in [0.15, 0.2) is 0 Å². The maximum absolute atomic E-state index is 12.4. The molecule has 170 valence electrons. The molecular formula is C27H34N2O3. The first-order chi connectivity index (χ1) is 15.5. The second kappa shape index (κ2) is 11.6. The first kappa shape index (κ1) is 23.7. The van der Waals surface area contributed by atoms with Crippen molar-refractivity contribution in [2.24, 2.45) is 5.92 Å². The number of hydrogen-bond acceptors (Lipinski definition) is 3. The second-order valence-electron chi connectivity index (χ2n) is 8.88. The van der Waals surface area contributed by atoms with Gasteiger partial charge in [-0.05, 0) is 36.5 Å². The standard InChI is InChI=1S/C27H34N2O3/c1-20(2)25(21-14-8-7-9-15-21)28-24(30)18-10-5-3-4-6-13-19-29-26(31)22-16-11-12-17-23(22)27(29)32/h7-9,11-12,14-17,20,25H,3-6,10,13,18-19H2,1-2H3,(H,28,30)/t25-/m0/s1. The Morgan fingerprint density at radius 1 is 0.781 bits per heavy atom. The Bertz CT molecular complexity index is 889. The fourth-order valence-electron chi connectivity index (χ4n) is 4.25. The van der Waals surface area contributed by atoms with E-state index in [1.165, 1.54) is 4.90 Å². The molecule has 1 heterocycles. The molecule has 3 amide bonds. The smallest absolute Gasteiger partial charge is 0.261 e. The lowest BCUT2D eigenvalue weighted by molar-refractivity contribution is -0.122. The minimum atomic E-state index is -0.174. The van der Waals surface area contributed by atoms with Gasteiger partial charge < -0.3 is 5.32 Å². The van der Waals surface area contributed by atoms with Gasteiger partial charge in [0.2, 0.25) is 5.91 Å². The van der Waals surface area contributed by atoms with Crippen LogP contribution < -0.4 is 5.32 Å². The quantitative estimate of drug-likeness (QED) is 0.353. The van der Waals surface area contributed by atoms with Crippen LogP contribution in [0.25, 0.3) is 0 Å². The molecule has 32 heavy (non-hydrogen) atoms. The van der Waals surface area contributed by atoms with Gasteiger partial charge in [-0.3, -0.25) is 19.3 Å². The zero-order valence-corrected chi connectivity index (χ0v) is 19.2. The van der Waals surface area contributed by atoms with E-state index < -0.39 is 0 Å². The number of nitrogens with one attached hydrogen (secondary N) is 1. The van der Waals surface area contributed by atoms with Gasteiger partial charge in [0, 0.05) is 13.0 Å². The number of benzene rings is 2. The third kappa shape index (κ3) is 6.06. The van der Waals surface area contributed by atoms with Gasteiger partial charge in [-0.2, -0.15) is 0 Å². The summed E-state index contributed by atoms with van der Waals surface area (Å²) in [5, 5.41) is 3.18. The van der Waals surface area contributed by atoms with Crippen LogP contribution in [0.5, 0.6) is 0 Å². The fraction of sp³-hybridized carbons (Fsp3) is 0.444. The molecule has 0 spiro atoms. The van der Waals surface area contributed by atoms with Crippen LogP contribution in [0.1, 0.15) is 91.1 Å². The number of imide groups is 1. The number of fused-ring (bicyclic) bond motifs is 1. The first-order valence-electron chi connectivity index (χ1n) is 11.8. The highest BCUT2D eigenvalue weighted by atomic mass is 16.2. The molecule has 5 heteroatoms. The molecule has 1 aliphatic heterocycles. The largest absolute Gasteiger partial charge is 0.349 e. The van der Waals surface area contributed by atoms with E-state index in [9.17, 15) is 14.4 Å². The third-order valence-corrected chi connectivity index (χ3v) is 6.06. The summed E-state index contributed by atoms with van der Waals surface area (Å²) in [6, 6.07) is 17.2. The average molecular weight is 435 g/mol. The molecule has 0 fully saturated rings. The predicted octanol–water partition coefficient (Wildman–Crippen LogP) is 5.53. The predicted molar refractivity (Wildman–Crippen MR) is 126 cm³/mol. The Balaban J connectivity index is 1.28. The van der Waals surface area contributed by atoms with Crippen molar-refractivity contribution in [3.63, 3.8) is 0 Å². The van der Waals surface area contributed by atoms with Gasteiger partial charge in [0.1, 0.15) is 0 Å². The first-order valence-corrected chi connectivity index (χ1v) is 11.8. The minimum Gasteiger partial charge on any atom is -0.349 e. The van der Waals surface area contributed by atoms with Crippen molar-refractivity contribution in [3.8, 4) is 0 Å². The number of carbonyl (C=O) groups is 3. The van der Waals surface area contributed by atoms with E-state index in [0.29, 0.717) is 30.0 Å². The number of carbonyl (C=O) groups excluding carboxylic acids is 3. The summed E-state index contributed by atoms with van der Waals surface area (Å²) in [6.45, 7) is 4.73. The number of unbranched alkanes of at least 4 members (excludes halogenated alkanes) is 5. The van der Waals surface area contributed by atoms with Gasteiger partial charge >= 0.3 is 0 Å². The Labute approximate surface area is 191 Å². The molecule has 1 N–H and O–H groups in total. The monoisotopic (exact) mass is 434 g/mol. The SMILES string of the molecule is CC(C)[C@H](NC(=O)CCCCCCCCN1C(=O)c2ccccc2C1=O)c1ccccc1. The molecule has 2 aromatic carbocycles. The van der Waals surface area contributed by atoms with Crippen molar-refractivity contribution in [2.45, 2.75) is 64.8 Å². The van der Waals surface area contributed by atoms with Crippen molar-refractivity contribution < 1.29 is 14.4 Å². The van der Waals surface area contributed by atoms with E-state index in [0.717, 1.165) is 44.1 Å². The van der Waals surface area contributed by atoms with Crippen LogP contribution in [0.15, 0.2) is 54.6 Å². The lowest BCUT2D eigenvalue weighted by Gasteiger charge is -2.23.